The maximum atomic E-state index is 4.40. The van der Waals surface area contributed by atoms with E-state index in [0.29, 0.717) is 0 Å². The predicted octanol–water partition coefficient (Wildman–Crippen LogP) is 2.32. The van der Waals surface area contributed by atoms with Crippen LogP contribution in [-0.2, 0) is 0 Å². The number of nitrogens with zero attached hydrogens (tertiary/aromatic N) is 1. The molecule has 0 aromatic carbocycles. The van der Waals surface area contributed by atoms with Crippen molar-refractivity contribution in [2.45, 2.75) is 26.2 Å². The van der Waals surface area contributed by atoms with Gasteiger partial charge in [0, 0.05) is 12.3 Å². The lowest BCUT2D eigenvalue weighted by atomic mass is 10.3. The highest BCUT2D eigenvalue weighted by Crippen LogP contribution is 2.15. The van der Waals surface area contributed by atoms with E-state index in [1.165, 1.54) is 30.1 Å². The highest BCUT2D eigenvalue weighted by atomic mass is 32.2. The van der Waals surface area contributed by atoms with E-state index >= 15 is 0 Å². The monoisotopic (exact) mass is 143 g/mol. The Balaban J connectivity index is 2.28. The van der Waals surface area contributed by atoms with Gasteiger partial charge < -0.3 is 0 Å². The van der Waals surface area contributed by atoms with Crippen molar-refractivity contribution in [2.75, 3.05) is 12.3 Å². The molecule has 1 nitrogen and oxygen atoms in total. The topological polar surface area (TPSA) is 12.4 Å². The van der Waals surface area contributed by atoms with Gasteiger partial charge in [-0.2, -0.15) is 0 Å². The number of rotatable bonds is 2. The van der Waals surface area contributed by atoms with Crippen LogP contribution in [-0.4, -0.2) is 17.3 Å². The van der Waals surface area contributed by atoms with E-state index in [0.717, 1.165) is 6.54 Å². The third-order valence-corrected chi connectivity index (χ3v) is 2.48. The number of hydrogen-bond donors (Lipinski definition) is 0. The van der Waals surface area contributed by atoms with Crippen molar-refractivity contribution in [1.82, 2.24) is 0 Å². The molecule has 0 amide bonds. The van der Waals surface area contributed by atoms with Crippen LogP contribution in [0, 0.1) is 0 Å². The lowest BCUT2D eigenvalue weighted by Gasteiger charge is -2.08. The smallest absolute Gasteiger partial charge is 0.0675 e. The van der Waals surface area contributed by atoms with Gasteiger partial charge in [0.15, 0.2) is 0 Å². The fourth-order valence-electron chi connectivity index (χ4n) is 0.869. The summed E-state index contributed by atoms with van der Waals surface area (Å²) in [5.74, 6) is 1.29. The average Bonchev–Trinajstić information content (AvgIpc) is 1.91. The number of aliphatic imine (C=N–C) groups is 1. The van der Waals surface area contributed by atoms with Gasteiger partial charge in [-0.05, 0) is 12.8 Å². The first-order valence-electron chi connectivity index (χ1n) is 3.59. The fraction of sp³-hybridized carbons (Fsp3) is 0.857. The van der Waals surface area contributed by atoms with Crippen LogP contribution in [0.1, 0.15) is 26.2 Å². The minimum Gasteiger partial charge on any atom is -0.283 e. The minimum absolute atomic E-state index is 1.07. The quantitative estimate of drug-likeness (QED) is 0.578. The summed E-state index contributed by atoms with van der Waals surface area (Å²) in [5.41, 5.74) is 0. The molecule has 0 saturated heterocycles. The fourth-order valence-corrected chi connectivity index (χ4v) is 1.91. The minimum atomic E-state index is 1.07. The SMILES string of the molecule is CCCC1=NCCCS1. The van der Waals surface area contributed by atoms with Crippen LogP contribution in [0.15, 0.2) is 4.99 Å². The first-order valence-corrected chi connectivity index (χ1v) is 4.58. The van der Waals surface area contributed by atoms with E-state index in [2.05, 4.69) is 11.9 Å². The van der Waals surface area contributed by atoms with Gasteiger partial charge in [0.05, 0.1) is 5.04 Å². The molecule has 1 aliphatic heterocycles. The average molecular weight is 143 g/mol. The van der Waals surface area contributed by atoms with Gasteiger partial charge in [-0.25, -0.2) is 0 Å². The van der Waals surface area contributed by atoms with E-state index in [1.807, 2.05) is 11.8 Å². The Bertz CT molecular complexity index is 109. The van der Waals surface area contributed by atoms with Crippen molar-refractivity contribution in [3.63, 3.8) is 0 Å². The highest BCUT2D eigenvalue weighted by Gasteiger charge is 2.02. The molecule has 1 heterocycles. The summed E-state index contributed by atoms with van der Waals surface area (Å²) in [4.78, 5) is 4.40. The molecule has 0 aromatic heterocycles. The van der Waals surface area contributed by atoms with Crippen LogP contribution in [0.2, 0.25) is 0 Å². The summed E-state index contributed by atoms with van der Waals surface area (Å²) in [6.45, 7) is 3.28. The van der Waals surface area contributed by atoms with Crippen molar-refractivity contribution < 1.29 is 0 Å². The van der Waals surface area contributed by atoms with Crippen LogP contribution in [0.4, 0.5) is 0 Å². The van der Waals surface area contributed by atoms with Crippen LogP contribution >= 0.6 is 11.8 Å². The molecule has 0 aromatic rings. The molecule has 0 fully saturated rings. The van der Waals surface area contributed by atoms with Gasteiger partial charge in [-0.3, -0.25) is 4.99 Å². The van der Waals surface area contributed by atoms with E-state index in [4.69, 9.17) is 0 Å². The molecule has 0 bridgehead atoms. The van der Waals surface area contributed by atoms with Gasteiger partial charge in [-0.1, -0.05) is 13.3 Å². The molecule has 2 heteroatoms. The summed E-state index contributed by atoms with van der Waals surface area (Å²) in [5, 5.41) is 1.38. The lowest BCUT2D eigenvalue weighted by molar-refractivity contribution is 0.915. The molecule has 0 spiro atoms. The summed E-state index contributed by atoms with van der Waals surface area (Å²) in [7, 11) is 0. The van der Waals surface area contributed by atoms with Gasteiger partial charge in [0.25, 0.3) is 0 Å². The van der Waals surface area contributed by atoms with Crippen molar-refractivity contribution in [1.29, 1.82) is 0 Å². The second-order valence-corrected chi connectivity index (χ2v) is 3.40. The second kappa shape index (κ2) is 3.94. The summed E-state index contributed by atoms with van der Waals surface area (Å²) >= 11 is 1.94. The Hall–Kier alpha value is 0.0200. The van der Waals surface area contributed by atoms with Crippen molar-refractivity contribution in [3.8, 4) is 0 Å². The van der Waals surface area contributed by atoms with Gasteiger partial charge in [0.1, 0.15) is 0 Å². The third kappa shape index (κ3) is 2.39. The Morgan fingerprint density at radius 3 is 3.11 bits per heavy atom. The zero-order chi connectivity index (χ0) is 6.53. The number of thioether (sulfide) groups is 1. The van der Waals surface area contributed by atoms with Crippen molar-refractivity contribution in [2.24, 2.45) is 4.99 Å². The second-order valence-electron chi connectivity index (χ2n) is 2.23. The van der Waals surface area contributed by atoms with Gasteiger partial charge in [0.2, 0.25) is 0 Å². The zero-order valence-electron chi connectivity index (χ0n) is 5.89. The summed E-state index contributed by atoms with van der Waals surface area (Å²) < 4.78 is 0. The van der Waals surface area contributed by atoms with Crippen molar-refractivity contribution in [3.05, 3.63) is 0 Å². The van der Waals surface area contributed by atoms with Crippen LogP contribution in [0.5, 0.6) is 0 Å². The Labute approximate surface area is 60.9 Å². The van der Waals surface area contributed by atoms with E-state index in [1.54, 1.807) is 0 Å². The largest absolute Gasteiger partial charge is 0.283 e. The van der Waals surface area contributed by atoms with Crippen LogP contribution in [0.3, 0.4) is 0 Å². The molecular formula is C7H13NS. The van der Waals surface area contributed by atoms with Crippen molar-refractivity contribution >= 4 is 16.8 Å². The molecule has 0 aliphatic carbocycles. The maximum Gasteiger partial charge on any atom is 0.0675 e. The molecule has 0 unspecified atom stereocenters. The molecule has 0 radical (unpaired) electrons. The first kappa shape index (κ1) is 7.13. The molecule has 0 atom stereocenters. The molecular weight excluding hydrogens is 130 g/mol. The summed E-state index contributed by atoms with van der Waals surface area (Å²) in [6, 6.07) is 0. The zero-order valence-corrected chi connectivity index (χ0v) is 6.71. The summed E-state index contributed by atoms with van der Waals surface area (Å²) in [6.07, 6.45) is 3.72. The third-order valence-electron chi connectivity index (χ3n) is 1.32. The van der Waals surface area contributed by atoms with Crippen LogP contribution in [0.25, 0.3) is 0 Å². The highest BCUT2D eigenvalue weighted by molar-refractivity contribution is 8.13. The maximum absolute atomic E-state index is 4.40. The van der Waals surface area contributed by atoms with E-state index in [9.17, 15) is 0 Å². The van der Waals surface area contributed by atoms with Crippen LogP contribution < -0.4 is 0 Å². The standard InChI is InChI=1S/C7H13NS/c1-2-4-7-8-5-3-6-9-7/h2-6H2,1H3. The molecule has 0 N–H and O–H groups in total. The normalized spacial score (nSPS) is 19.4. The molecule has 1 rings (SSSR count). The first-order chi connectivity index (χ1) is 4.43. The Kier molecular flexibility index (Phi) is 3.12. The Morgan fingerprint density at radius 2 is 2.56 bits per heavy atom. The lowest BCUT2D eigenvalue weighted by Crippen LogP contribution is -2.02. The van der Waals surface area contributed by atoms with Gasteiger partial charge >= 0.3 is 0 Å². The van der Waals surface area contributed by atoms with E-state index in [-0.39, 0.29) is 0 Å². The molecule has 9 heavy (non-hydrogen) atoms. The molecule has 52 valence electrons. The Morgan fingerprint density at radius 1 is 1.67 bits per heavy atom. The van der Waals surface area contributed by atoms with Gasteiger partial charge in [-0.15, -0.1) is 11.8 Å². The number of hydrogen-bond acceptors (Lipinski definition) is 2. The van der Waals surface area contributed by atoms with E-state index < -0.39 is 0 Å². The molecule has 1 aliphatic rings. The predicted molar refractivity (Wildman–Crippen MR) is 44.3 cm³/mol. The molecule has 0 saturated carbocycles.